The zero-order valence-electron chi connectivity index (χ0n) is 11.2. The Kier molecular flexibility index (Phi) is 4.14. The van der Waals surface area contributed by atoms with Gasteiger partial charge in [-0.1, -0.05) is 0 Å². The zero-order valence-corrected chi connectivity index (χ0v) is 12.0. The molecule has 8 heteroatoms. The summed E-state index contributed by atoms with van der Waals surface area (Å²) in [4.78, 5) is 12.5. The van der Waals surface area contributed by atoms with Gasteiger partial charge in [0.2, 0.25) is 5.88 Å². The van der Waals surface area contributed by atoms with Crippen molar-refractivity contribution in [1.82, 2.24) is 15.0 Å². The monoisotopic (exact) mass is 292 g/mol. The quantitative estimate of drug-likeness (QED) is 0.725. The molecule has 2 rings (SSSR count). The Morgan fingerprint density at radius 3 is 2.30 bits per heavy atom. The van der Waals surface area contributed by atoms with Crippen LogP contribution in [-0.4, -0.2) is 21.1 Å². The molecule has 0 aliphatic rings. The molecular weight excluding hydrogens is 276 g/mol. The second-order valence-electron chi connectivity index (χ2n) is 4.31. The Bertz CT molecular complexity index is 599. The molecule has 106 valence electrons. The van der Waals surface area contributed by atoms with Crippen molar-refractivity contribution in [2.75, 3.05) is 17.2 Å². The second-order valence-corrected chi connectivity index (χ2v) is 5.30. The topological polar surface area (TPSA) is 126 Å². The lowest BCUT2D eigenvalue weighted by Gasteiger charge is -2.11. The van der Waals surface area contributed by atoms with Crippen LogP contribution in [0.3, 0.4) is 0 Å². The fraction of sp³-hybridized carbons (Fsp3) is 0.250. The summed E-state index contributed by atoms with van der Waals surface area (Å²) >= 11 is 1.24. The predicted molar refractivity (Wildman–Crippen MR) is 79.4 cm³/mol. The number of anilines is 3. The molecule has 7 nitrogen and oxygen atoms in total. The smallest absolute Gasteiger partial charge is 0.238 e. The summed E-state index contributed by atoms with van der Waals surface area (Å²) in [6.45, 7) is 3.81. The minimum absolute atomic E-state index is 0.00989. The molecule has 0 atom stereocenters. The second kappa shape index (κ2) is 5.83. The van der Waals surface area contributed by atoms with Crippen LogP contribution in [0.5, 0.6) is 5.88 Å². The summed E-state index contributed by atoms with van der Waals surface area (Å²) in [5.41, 5.74) is 17.5. The summed E-state index contributed by atoms with van der Waals surface area (Å²) in [6.07, 6.45) is -0.00989. The first kappa shape index (κ1) is 14.2. The first-order valence-corrected chi connectivity index (χ1v) is 6.76. The Morgan fingerprint density at radius 1 is 1.05 bits per heavy atom. The number of pyridine rings is 1. The zero-order chi connectivity index (χ0) is 14.7. The molecule has 2 aromatic heterocycles. The van der Waals surface area contributed by atoms with Gasteiger partial charge in [-0.3, -0.25) is 0 Å². The Balaban J connectivity index is 2.25. The van der Waals surface area contributed by atoms with Gasteiger partial charge in [0.05, 0.1) is 11.8 Å². The van der Waals surface area contributed by atoms with Crippen molar-refractivity contribution < 1.29 is 4.74 Å². The number of rotatable bonds is 4. The van der Waals surface area contributed by atoms with Gasteiger partial charge in [0.25, 0.3) is 0 Å². The molecule has 2 heterocycles. The maximum absolute atomic E-state index is 5.81. The number of hydrogen-bond donors (Lipinski definition) is 3. The molecule has 0 aromatic carbocycles. The van der Waals surface area contributed by atoms with E-state index < -0.39 is 0 Å². The summed E-state index contributed by atoms with van der Waals surface area (Å²) in [5.74, 6) is 1.02. The van der Waals surface area contributed by atoms with Gasteiger partial charge in [0.1, 0.15) is 16.7 Å². The van der Waals surface area contributed by atoms with E-state index in [4.69, 9.17) is 21.9 Å². The van der Waals surface area contributed by atoms with Crippen LogP contribution in [0.1, 0.15) is 13.8 Å². The van der Waals surface area contributed by atoms with Crippen LogP contribution in [0.4, 0.5) is 17.3 Å². The van der Waals surface area contributed by atoms with Crippen molar-refractivity contribution in [2.24, 2.45) is 0 Å². The molecule has 0 spiro atoms. The largest absolute Gasteiger partial charge is 0.473 e. The van der Waals surface area contributed by atoms with E-state index in [9.17, 15) is 0 Å². The Hall–Kier alpha value is -2.22. The summed E-state index contributed by atoms with van der Waals surface area (Å²) < 4.78 is 5.53. The van der Waals surface area contributed by atoms with Crippen LogP contribution >= 0.6 is 11.8 Å². The molecule has 0 radical (unpaired) electrons. The van der Waals surface area contributed by atoms with Gasteiger partial charge < -0.3 is 21.9 Å². The average molecular weight is 292 g/mol. The number of nitrogens with two attached hydrogens (primary N) is 3. The SMILES string of the molecule is CC(C)Oc1nc(Sc2nc(N)cc(N)n2)ccc1N. The highest BCUT2D eigenvalue weighted by molar-refractivity contribution is 7.99. The number of ether oxygens (including phenoxy) is 1. The first-order valence-electron chi connectivity index (χ1n) is 5.95. The highest BCUT2D eigenvalue weighted by atomic mass is 32.2. The van der Waals surface area contributed by atoms with Crippen LogP contribution in [0, 0.1) is 0 Å². The number of nitrogen functional groups attached to an aromatic ring is 3. The first-order chi connectivity index (χ1) is 9.44. The maximum atomic E-state index is 5.81. The van der Waals surface area contributed by atoms with E-state index in [-0.39, 0.29) is 6.10 Å². The minimum atomic E-state index is -0.00989. The Labute approximate surface area is 120 Å². The molecule has 0 saturated carbocycles. The van der Waals surface area contributed by atoms with Crippen molar-refractivity contribution in [2.45, 2.75) is 30.1 Å². The van der Waals surface area contributed by atoms with Crippen molar-refractivity contribution in [3.63, 3.8) is 0 Å². The van der Waals surface area contributed by atoms with Gasteiger partial charge >= 0.3 is 0 Å². The van der Waals surface area contributed by atoms with E-state index in [0.29, 0.717) is 33.4 Å². The van der Waals surface area contributed by atoms with E-state index in [0.717, 1.165) is 0 Å². The van der Waals surface area contributed by atoms with Crippen molar-refractivity contribution in [3.05, 3.63) is 18.2 Å². The van der Waals surface area contributed by atoms with Crippen molar-refractivity contribution in [3.8, 4) is 5.88 Å². The normalized spacial score (nSPS) is 10.8. The third kappa shape index (κ3) is 3.64. The van der Waals surface area contributed by atoms with E-state index in [2.05, 4.69) is 15.0 Å². The molecular formula is C12H16N6OS. The molecule has 20 heavy (non-hydrogen) atoms. The lowest BCUT2D eigenvalue weighted by Crippen LogP contribution is -2.09. The third-order valence-electron chi connectivity index (χ3n) is 2.15. The van der Waals surface area contributed by atoms with Crippen LogP contribution in [0.15, 0.2) is 28.4 Å². The molecule has 0 aliphatic carbocycles. The standard InChI is InChI=1S/C12H16N6OS/c1-6(2)19-11-7(13)3-4-10(18-11)20-12-16-8(14)5-9(15)17-12/h3-6H,13H2,1-2H3,(H4,14,15,16,17). The van der Waals surface area contributed by atoms with Gasteiger partial charge in [-0.05, 0) is 37.7 Å². The third-order valence-corrected chi connectivity index (χ3v) is 2.95. The van der Waals surface area contributed by atoms with Gasteiger partial charge in [-0.25, -0.2) is 15.0 Å². The molecule has 0 unspecified atom stereocenters. The molecule has 0 amide bonds. The van der Waals surface area contributed by atoms with E-state index in [1.165, 1.54) is 17.8 Å². The minimum Gasteiger partial charge on any atom is -0.473 e. The highest BCUT2D eigenvalue weighted by Gasteiger charge is 2.09. The molecule has 0 saturated heterocycles. The number of hydrogen-bond acceptors (Lipinski definition) is 8. The van der Waals surface area contributed by atoms with Gasteiger partial charge in [-0.2, -0.15) is 0 Å². The van der Waals surface area contributed by atoms with Crippen LogP contribution in [0.25, 0.3) is 0 Å². The predicted octanol–water partition coefficient (Wildman–Crippen LogP) is 1.56. The Morgan fingerprint density at radius 2 is 1.70 bits per heavy atom. The van der Waals surface area contributed by atoms with Crippen molar-refractivity contribution in [1.29, 1.82) is 0 Å². The molecule has 0 fully saturated rings. The highest BCUT2D eigenvalue weighted by Crippen LogP contribution is 2.29. The number of aromatic nitrogens is 3. The lowest BCUT2D eigenvalue weighted by molar-refractivity contribution is 0.232. The summed E-state index contributed by atoms with van der Waals surface area (Å²) in [7, 11) is 0. The van der Waals surface area contributed by atoms with E-state index in [1.807, 2.05) is 13.8 Å². The van der Waals surface area contributed by atoms with Gasteiger partial charge in [-0.15, -0.1) is 0 Å². The molecule has 0 aliphatic heterocycles. The molecule has 6 N–H and O–H groups in total. The van der Waals surface area contributed by atoms with Crippen molar-refractivity contribution >= 4 is 29.1 Å². The van der Waals surface area contributed by atoms with Crippen LogP contribution < -0.4 is 21.9 Å². The summed E-state index contributed by atoms with van der Waals surface area (Å²) in [6, 6.07) is 4.98. The van der Waals surface area contributed by atoms with E-state index in [1.54, 1.807) is 12.1 Å². The number of nitrogens with zero attached hydrogens (tertiary/aromatic N) is 3. The fourth-order valence-electron chi connectivity index (χ4n) is 1.41. The molecule has 2 aromatic rings. The van der Waals surface area contributed by atoms with Gasteiger partial charge in [0, 0.05) is 6.07 Å². The average Bonchev–Trinajstić information content (AvgIpc) is 2.31. The summed E-state index contributed by atoms with van der Waals surface area (Å²) in [5, 5.41) is 1.08. The fourth-order valence-corrected chi connectivity index (χ4v) is 2.16. The molecule has 0 bridgehead atoms. The lowest BCUT2D eigenvalue weighted by atomic mass is 10.4. The maximum Gasteiger partial charge on any atom is 0.238 e. The van der Waals surface area contributed by atoms with Crippen LogP contribution in [-0.2, 0) is 0 Å². The van der Waals surface area contributed by atoms with Crippen LogP contribution in [0.2, 0.25) is 0 Å². The van der Waals surface area contributed by atoms with Gasteiger partial charge in [0.15, 0.2) is 5.16 Å². The van der Waals surface area contributed by atoms with E-state index >= 15 is 0 Å².